The van der Waals surface area contributed by atoms with Crippen molar-refractivity contribution in [2.75, 3.05) is 32.7 Å². The van der Waals surface area contributed by atoms with Crippen molar-refractivity contribution in [3.63, 3.8) is 0 Å². The third-order valence-electron chi connectivity index (χ3n) is 3.97. The minimum absolute atomic E-state index is 0. The van der Waals surface area contributed by atoms with Crippen molar-refractivity contribution in [3.05, 3.63) is 7.05 Å². The molecule has 0 aromatic rings. The number of ether oxygens (including phenoxy) is 2. The minimum atomic E-state index is -0.520. The summed E-state index contributed by atoms with van der Waals surface area (Å²) in [6.07, 6.45) is 3.81. The average molecular weight is 504 g/mol. The van der Waals surface area contributed by atoms with E-state index in [9.17, 15) is 9.59 Å². The SMILES string of the molecule is [CH2-]NCCCN(CCCCN(CCCC)C(=O)OC(C)(C)C)C(=O)OC(C)(C)C.[Y]. The predicted octanol–water partition coefficient (Wildman–Crippen LogP) is 4.81. The molecule has 0 aliphatic rings. The first-order valence-corrected chi connectivity index (χ1v) is 10.9. The molecule has 0 aromatic carbocycles. The van der Waals surface area contributed by atoms with Crippen molar-refractivity contribution in [2.24, 2.45) is 0 Å². The number of nitrogens with one attached hydrogen (secondary N) is 1. The zero-order chi connectivity index (χ0) is 22.5. The van der Waals surface area contributed by atoms with Crippen molar-refractivity contribution >= 4 is 12.2 Å². The number of unbranched alkanes of at least 4 members (excludes halogenated alkanes) is 2. The van der Waals surface area contributed by atoms with Crippen LogP contribution in [0.2, 0.25) is 0 Å². The maximum absolute atomic E-state index is 12.5. The van der Waals surface area contributed by atoms with Gasteiger partial charge in [-0.05, 0) is 73.8 Å². The van der Waals surface area contributed by atoms with Gasteiger partial charge in [0.25, 0.3) is 0 Å². The Hall–Kier alpha value is -0.396. The molecule has 0 spiro atoms. The molecule has 2 amide bonds. The number of nitrogens with zero attached hydrogens (tertiary/aromatic N) is 2. The Morgan fingerprint density at radius 3 is 1.47 bits per heavy atom. The van der Waals surface area contributed by atoms with Gasteiger partial charge >= 0.3 is 12.2 Å². The van der Waals surface area contributed by atoms with Crippen LogP contribution < -0.4 is 5.32 Å². The van der Waals surface area contributed by atoms with Crippen LogP contribution in [0.25, 0.3) is 0 Å². The van der Waals surface area contributed by atoms with Gasteiger partial charge in [0.15, 0.2) is 0 Å². The van der Waals surface area contributed by atoms with Gasteiger partial charge in [0.2, 0.25) is 0 Å². The third-order valence-corrected chi connectivity index (χ3v) is 3.97. The van der Waals surface area contributed by atoms with E-state index in [0.717, 1.165) is 38.6 Å². The van der Waals surface area contributed by atoms with Crippen molar-refractivity contribution in [3.8, 4) is 0 Å². The number of carbonyl (C=O) groups excluding carboxylic acids is 2. The largest absolute Gasteiger partial charge is 0.473 e. The third kappa shape index (κ3) is 17.3. The van der Waals surface area contributed by atoms with E-state index in [1.165, 1.54) is 0 Å². The van der Waals surface area contributed by atoms with Crippen molar-refractivity contribution in [1.82, 2.24) is 15.1 Å². The molecule has 175 valence electrons. The van der Waals surface area contributed by atoms with E-state index in [1.54, 1.807) is 9.80 Å². The molecule has 0 rings (SSSR count). The second-order valence-electron chi connectivity index (χ2n) is 9.35. The Balaban J connectivity index is 0. The Morgan fingerprint density at radius 2 is 1.13 bits per heavy atom. The summed E-state index contributed by atoms with van der Waals surface area (Å²) in [5.41, 5.74) is -1.02. The summed E-state index contributed by atoms with van der Waals surface area (Å²) in [5, 5.41) is 2.86. The van der Waals surface area contributed by atoms with Crippen LogP contribution in [0, 0.1) is 7.05 Å². The van der Waals surface area contributed by atoms with Gasteiger partial charge < -0.3 is 24.6 Å². The standard InChI is InChI=1S/C22H44N3O4.Y/c1-9-10-15-24(19(26)28-21(2,3)4)16-11-12-17-25(18-13-14-23-8)20(27)29-22(5,6)7;/h23H,8-18H2,1-7H3;/q-1;. The van der Waals surface area contributed by atoms with Crippen LogP contribution >= 0.6 is 0 Å². The van der Waals surface area contributed by atoms with Crippen LogP contribution in [0.3, 0.4) is 0 Å². The summed E-state index contributed by atoms with van der Waals surface area (Å²) in [4.78, 5) is 28.4. The van der Waals surface area contributed by atoms with E-state index in [1.807, 2.05) is 41.5 Å². The van der Waals surface area contributed by atoms with Crippen molar-refractivity contribution < 1.29 is 51.8 Å². The number of hydrogen-bond donors (Lipinski definition) is 1. The summed E-state index contributed by atoms with van der Waals surface area (Å²) < 4.78 is 11.0. The molecule has 0 unspecified atom stereocenters. The van der Waals surface area contributed by atoms with E-state index >= 15 is 0 Å². The van der Waals surface area contributed by atoms with E-state index in [0.29, 0.717) is 26.2 Å². The quantitative estimate of drug-likeness (QED) is 0.306. The molecule has 0 saturated carbocycles. The average Bonchev–Trinajstić information content (AvgIpc) is 2.56. The monoisotopic (exact) mass is 503 g/mol. The fourth-order valence-corrected chi connectivity index (χ4v) is 2.59. The number of rotatable bonds is 12. The summed E-state index contributed by atoms with van der Waals surface area (Å²) in [6.45, 7) is 16.6. The fourth-order valence-electron chi connectivity index (χ4n) is 2.59. The molecule has 0 aliphatic heterocycles. The van der Waals surface area contributed by atoms with Gasteiger partial charge in [-0.15, -0.1) is 0 Å². The smallest absolute Gasteiger partial charge is 0.410 e. The molecule has 0 aliphatic carbocycles. The first-order chi connectivity index (χ1) is 13.4. The van der Waals surface area contributed by atoms with Gasteiger partial charge in [0, 0.05) is 58.9 Å². The molecule has 0 fully saturated rings. The maximum Gasteiger partial charge on any atom is 0.410 e. The number of amides is 2. The zero-order valence-corrected chi connectivity index (χ0v) is 23.2. The van der Waals surface area contributed by atoms with Gasteiger partial charge in [-0.1, -0.05) is 13.3 Å². The fraction of sp³-hybridized carbons (Fsp3) is 0.864. The molecular weight excluding hydrogens is 459 g/mol. The molecule has 7 nitrogen and oxygen atoms in total. The molecule has 0 saturated heterocycles. The van der Waals surface area contributed by atoms with Crippen LogP contribution in [0.15, 0.2) is 0 Å². The number of carbonyl (C=O) groups is 2. The molecule has 1 radical (unpaired) electrons. The van der Waals surface area contributed by atoms with Crippen LogP contribution in [0.4, 0.5) is 9.59 Å². The molecule has 0 bridgehead atoms. The molecule has 0 aromatic heterocycles. The predicted molar refractivity (Wildman–Crippen MR) is 118 cm³/mol. The second kappa shape index (κ2) is 16.3. The molecule has 1 N–H and O–H groups in total. The van der Waals surface area contributed by atoms with E-state index in [2.05, 4.69) is 19.3 Å². The molecule has 30 heavy (non-hydrogen) atoms. The van der Waals surface area contributed by atoms with Crippen LogP contribution in [0.5, 0.6) is 0 Å². The van der Waals surface area contributed by atoms with E-state index in [-0.39, 0.29) is 44.9 Å². The van der Waals surface area contributed by atoms with Gasteiger partial charge in [-0.25, -0.2) is 9.59 Å². The number of hydrogen-bond acceptors (Lipinski definition) is 5. The van der Waals surface area contributed by atoms with Gasteiger partial charge in [0.1, 0.15) is 11.2 Å². The van der Waals surface area contributed by atoms with Gasteiger partial charge in [0.05, 0.1) is 0 Å². The van der Waals surface area contributed by atoms with Crippen molar-refractivity contribution in [2.45, 2.75) is 91.8 Å². The second-order valence-corrected chi connectivity index (χ2v) is 9.35. The van der Waals surface area contributed by atoms with Crippen LogP contribution in [-0.4, -0.2) is 65.9 Å². The summed E-state index contributed by atoms with van der Waals surface area (Å²) in [7, 11) is 3.61. The molecule has 8 heteroatoms. The summed E-state index contributed by atoms with van der Waals surface area (Å²) in [6, 6.07) is 0. The topological polar surface area (TPSA) is 71.1 Å². The summed E-state index contributed by atoms with van der Waals surface area (Å²) in [5.74, 6) is 0. The van der Waals surface area contributed by atoms with Crippen LogP contribution in [-0.2, 0) is 42.2 Å². The maximum atomic E-state index is 12.5. The first-order valence-electron chi connectivity index (χ1n) is 10.9. The Morgan fingerprint density at radius 1 is 0.767 bits per heavy atom. The van der Waals surface area contributed by atoms with Crippen LogP contribution in [0.1, 0.15) is 80.6 Å². The van der Waals surface area contributed by atoms with Crippen molar-refractivity contribution in [1.29, 1.82) is 0 Å². The zero-order valence-electron chi connectivity index (χ0n) is 20.4. The Kier molecular flexibility index (Phi) is 17.2. The minimum Gasteiger partial charge on any atom is -0.473 e. The molecule has 0 atom stereocenters. The Labute approximate surface area is 209 Å². The van der Waals surface area contributed by atoms with E-state index in [4.69, 9.17) is 9.47 Å². The molecule has 0 heterocycles. The van der Waals surface area contributed by atoms with E-state index < -0.39 is 11.2 Å². The molecular formula is C22H44N3O4Y-. The first kappa shape index (κ1) is 31.8. The van der Waals surface area contributed by atoms with Gasteiger partial charge in [-0.3, -0.25) is 7.05 Å². The summed E-state index contributed by atoms with van der Waals surface area (Å²) >= 11 is 0. The normalized spacial score (nSPS) is 11.5. The Bertz CT molecular complexity index is 476. The van der Waals surface area contributed by atoms with Gasteiger partial charge in [-0.2, -0.15) is 0 Å².